The fourth-order valence-corrected chi connectivity index (χ4v) is 2.46. The number of hydrogen-bond donors (Lipinski definition) is 2. The summed E-state index contributed by atoms with van der Waals surface area (Å²) in [5.41, 5.74) is 3.47. The van der Waals surface area contributed by atoms with Gasteiger partial charge >= 0.3 is 6.09 Å². The van der Waals surface area contributed by atoms with Crippen molar-refractivity contribution in [1.29, 1.82) is 0 Å². The van der Waals surface area contributed by atoms with E-state index in [0.717, 1.165) is 13.0 Å². The highest BCUT2D eigenvalue weighted by Crippen LogP contribution is 2.23. The van der Waals surface area contributed by atoms with Crippen LogP contribution in [0, 0.1) is 6.92 Å². The van der Waals surface area contributed by atoms with Crippen LogP contribution < -0.4 is 10.6 Å². The topological polar surface area (TPSA) is 50.4 Å². The van der Waals surface area contributed by atoms with Crippen LogP contribution in [0.3, 0.4) is 0 Å². The molecule has 1 unspecified atom stereocenters. The number of rotatable bonds is 2. The van der Waals surface area contributed by atoms with Crippen LogP contribution in [0.2, 0.25) is 0 Å². The molecule has 0 spiro atoms. The minimum absolute atomic E-state index is 0.159. The molecule has 0 aromatic heterocycles. The van der Waals surface area contributed by atoms with Crippen LogP contribution in [-0.4, -0.2) is 24.8 Å². The number of carbonyl (C=O) groups is 1. The Kier molecular flexibility index (Phi) is 4.33. The molecule has 20 heavy (non-hydrogen) atoms. The number of benzene rings is 1. The third kappa shape index (κ3) is 3.97. The van der Waals surface area contributed by atoms with E-state index >= 15 is 0 Å². The van der Waals surface area contributed by atoms with Crippen LogP contribution in [0.15, 0.2) is 18.2 Å². The van der Waals surface area contributed by atoms with Crippen molar-refractivity contribution in [3.8, 4) is 0 Å². The van der Waals surface area contributed by atoms with Crippen molar-refractivity contribution < 1.29 is 9.53 Å². The third-order valence-electron chi connectivity index (χ3n) is 3.31. The Morgan fingerprint density at radius 3 is 2.90 bits per heavy atom. The van der Waals surface area contributed by atoms with Crippen molar-refractivity contribution in [1.82, 2.24) is 10.6 Å². The molecule has 2 rings (SSSR count). The van der Waals surface area contributed by atoms with E-state index in [0.29, 0.717) is 6.54 Å². The summed E-state index contributed by atoms with van der Waals surface area (Å²) >= 11 is 0. The van der Waals surface area contributed by atoms with Crippen molar-refractivity contribution in [2.24, 2.45) is 0 Å². The number of hydrogen-bond acceptors (Lipinski definition) is 3. The predicted octanol–water partition coefficient (Wildman–Crippen LogP) is 2.71. The Bertz CT molecular complexity index is 492. The smallest absolute Gasteiger partial charge is 0.407 e. The summed E-state index contributed by atoms with van der Waals surface area (Å²) in [5, 5.41) is 6.28. The molecule has 4 nitrogen and oxygen atoms in total. The van der Waals surface area contributed by atoms with Gasteiger partial charge in [-0.3, -0.25) is 0 Å². The minimum atomic E-state index is -0.459. The maximum Gasteiger partial charge on any atom is 0.407 e. The molecule has 1 heterocycles. The van der Waals surface area contributed by atoms with Gasteiger partial charge in [0.1, 0.15) is 5.60 Å². The Balaban J connectivity index is 1.97. The highest BCUT2D eigenvalue weighted by Gasteiger charge is 2.21. The predicted molar refractivity (Wildman–Crippen MR) is 79.9 cm³/mol. The molecule has 1 amide bonds. The van der Waals surface area contributed by atoms with Crippen LogP contribution in [0.5, 0.6) is 0 Å². The highest BCUT2D eigenvalue weighted by molar-refractivity contribution is 5.67. The van der Waals surface area contributed by atoms with Gasteiger partial charge in [-0.2, -0.15) is 0 Å². The fraction of sp³-hybridized carbons (Fsp3) is 0.562. The summed E-state index contributed by atoms with van der Waals surface area (Å²) in [7, 11) is 0. The number of amides is 1. The van der Waals surface area contributed by atoms with Gasteiger partial charge in [0.25, 0.3) is 0 Å². The monoisotopic (exact) mass is 276 g/mol. The van der Waals surface area contributed by atoms with E-state index in [9.17, 15) is 4.79 Å². The molecule has 0 saturated carbocycles. The lowest BCUT2D eigenvalue weighted by atomic mass is 9.93. The summed E-state index contributed by atoms with van der Waals surface area (Å²) in [6.07, 6.45) is 0.679. The van der Waals surface area contributed by atoms with Gasteiger partial charge in [-0.15, -0.1) is 0 Å². The van der Waals surface area contributed by atoms with E-state index < -0.39 is 5.60 Å². The van der Waals surface area contributed by atoms with E-state index in [1.54, 1.807) is 0 Å². The second-order valence-electron chi connectivity index (χ2n) is 6.34. The summed E-state index contributed by atoms with van der Waals surface area (Å²) in [6.45, 7) is 9.19. The number of carbonyl (C=O) groups excluding carboxylic acids is 1. The van der Waals surface area contributed by atoms with E-state index in [1.165, 1.54) is 16.7 Å². The molecule has 2 N–H and O–H groups in total. The second kappa shape index (κ2) is 5.83. The maximum absolute atomic E-state index is 11.7. The molecule has 0 aliphatic carbocycles. The Morgan fingerprint density at radius 2 is 2.20 bits per heavy atom. The Labute approximate surface area is 120 Å². The van der Waals surface area contributed by atoms with Crippen molar-refractivity contribution in [3.63, 3.8) is 0 Å². The van der Waals surface area contributed by atoms with Crippen LogP contribution in [0.1, 0.15) is 43.5 Å². The minimum Gasteiger partial charge on any atom is -0.444 e. The molecule has 4 heteroatoms. The number of alkyl carbamates (subject to hydrolysis) is 1. The largest absolute Gasteiger partial charge is 0.444 e. The van der Waals surface area contributed by atoms with Crippen LogP contribution in [0.25, 0.3) is 0 Å². The molecule has 0 bridgehead atoms. The lowest BCUT2D eigenvalue weighted by Gasteiger charge is -2.28. The summed E-state index contributed by atoms with van der Waals surface area (Å²) in [5.74, 6) is 0. The normalized spacial score (nSPS) is 18.3. The molecular weight excluding hydrogens is 252 g/mol. The van der Waals surface area contributed by atoms with Gasteiger partial charge in [0.05, 0.1) is 6.04 Å². The molecule has 0 saturated heterocycles. The van der Waals surface area contributed by atoms with E-state index in [-0.39, 0.29) is 12.1 Å². The van der Waals surface area contributed by atoms with Crippen molar-refractivity contribution in [3.05, 3.63) is 34.9 Å². The van der Waals surface area contributed by atoms with Gasteiger partial charge in [-0.25, -0.2) is 4.79 Å². The first kappa shape index (κ1) is 14.9. The Morgan fingerprint density at radius 1 is 1.45 bits per heavy atom. The average molecular weight is 276 g/mol. The van der Waals surface area contributed by atoms with Gasteiger partial charge in [0.15, 0.2) is 0 Å². The standard InChI is InChI=1S/C16H24N2O2/c1-11-5-6-13-12(9-11)7-8-17-14(13)10-18-15(19)20-16(2,3)4/h5-6,9,14,17H,7-8,10H2,1-4H3,(H,18,19). The molecular formula is C16H24N2O2. The van der Waals surface area contributed by atoms with Gasteiger partial charge < -0.3 is 15.4 Å². The zero-order valence-corrected chi connectivity index (χ0v) is 12.7. The molecule has 1 aromatic carbocycles. The van der Waals surface area contributed by atoms with Gasteiger partial charge in [0, 0.05) is 6.54 Å². The lowest BCUT2D eigenvalue weighted by Crippen LogP contribution is -2.40. The molecule has 1 aliphatic rings. The van der Waals surface area contributed by atoms with Crippen molar-refractivity contribution in [2.75, 3.05) is 13.1 Å². The number of ether oxygens (including phenoxy) is 1. The van der Waals surface area contributed by atoms with E-state index in [2.05, 4.69) is 35.8 Å². The second-order valence-corrected chi connectivity index (χ2v) is 6.34. The average Bonchev–Trinajstić information content (AvgIpc) is 2.33. The fourth-order valence-electron chi connectivity index (χ4n) is 2.46. The molecule has 110 valence electrons. The molecule has 1 atom stereocenters. The summed E-state index contributed by atoms with van der Waals surface area (Å²) in [6, 6.07) is 6.66. The maximum atomic E-state index is 11.7. The first-order valence-corrected chi connectivity index (χ1v) is 7.15. The van der Waals surface area contributed by atoms with Crippen molar-refractivity contribution in [2.45, 2.75) is 45.8 Å². The van der Waals surface area contributed by atoms with Crippen molar-refractivity contribution >= 4 is 6.09 Å². The first-order chi connectivity index (χ1) is 9.35. The van der Waals surface area contributed by atoms with E-state index in [4.69, 9.17) is 4.74 Å². The number of aryl methyl sites for hydroxylation is 1. The molecule has 1 aliphatic heterocycles. The summed E-state index contributed by atoms with van der Waals surface area (Å²) < 4.78 is 5.26. The van der Waals surface area contributed by atoms with E-state index in [1.807, 2.05) is 20.8 Å². The zero-order chi connectivity index (χ0) is 14.8. The highest BCUT2D eigenvalue weighted by atomic mass is 16.6. The number of nitrogens with one attached hydrogen (secondary N) is 2. The zero-order valence-electron chi connectivity index (χ0n) is 12.7. The molecule has 0 radical (unpaired) electrons. The number of fused-ring (bicyclic) bond motifs is 1. The van der Waals surface area contributed by atoms with Crippen LogP contribution in [0.4, 0.5) is 4.79 Å². The van der Waals surface area contributed by atoms with Gasteiger partial charge in [-0.05, 0) is 51.8 Å². The first-order valence-electron chi connectivity index (χ1n) is 7.15. The van der Waals surface area contributed by atoms with Crippen LogP contribution >= 0.6 is 0 Å². The quantitative estimate of drug-likeness (QED) is 0.873. The van der Waals surface area contributed by atoms with Gasteiger partial charge in [0.2, 0.25) is 0 Å². The SMILES string of the molecule is Cc1ccc2c(c1)CCNC2CNC(=O)OC(C)(C)C. The molecule has 0 fully saturated rings. The lowest BCUT2D eigenvalue weighted by molar-refractivity contribution is 0.0522. The summed E-state index contributed by atoms with van der Waals surface area (Å²) in [4.78, 5) is 11.7. The molecule has 1 aromatic rings. The van der Waals surface area contributed by atoms with Crippen LogP contribution in [-0.2, 0) is 11.2 Å². The third-order valence-corrected chi connectivity index (χ3v) is 3.31. The van der Waals surface area contributed by atoms with Gasteiger partial charge in [-0.1, -0.05) is 23.8 Å². The Hall–Kier alpha value is -1.55.